The summed E-state index contributed by atoms with van der Waals surface area (Å²) in [6.45, 7) is 2.08. The van der Waals surface area contributed by atoms with Gasteiger partial charge in [0.15, 0.2) is 0 Å². The largest absolute Gasteiger partial charge is 0.415 e. The van der Waals surface area contributed by atoms with Crippen LogP contribution in [-0.4, -0.2) is 40.4 Å². The first kappa shape index (κ1) is 21.2. The molecule has 2 N–H and O–H groups in total. The first-order valence-electron chi connectivity index (χ1n) is 9.57. The van der Waals surface area contributed by atoms with Crippen LogP contribution in [0.3, 0.4) is 0 Å². The van der Waals surface area contributed by atoms with Crippen LogP contribution in [0.5, 0.6) is 0 Å². The van der Waals surface area contributed by atoms with Crippen LogP contribution < -0.4 is 10.0 Å². The van der Waals surface area contributed by atoms with Crippen molar-refractivity contribution in [3.05, 3.63) is 53.7 Å². The van der Waals surface area contributed by atoms with E-state index in [4.69, 9.17) is 4.42 Å². The number of aromatic nitrogens is 4. The fraction of sp³-hybridized carbons (Fsp3) is 0.368. The maximum atomic E-state index is 12.6. The van der Waals surface area contributed by atoms with Crippen LogP contribution in [-0.2, 0) is 10.0 Å². The third kappa shape index (κ3) is 5.20. The van der Waals surface area contributed by atoms with E-state index in [2.05, 4.69) is 30.2 Å². The molecule has 0 amide bonds. The molecule has 1 aliphatic rings. The average Bonchev–Trinajstić information content (AvgIpc) is 3.50. The van der Waals surface area contributed by atoms with E-state index in [0.29, 0.717) is 12.8 Å². The van der Waals surface area contributed by atoms with Crippen LogP contribution in [0.25, 0.3) is 11.5 Å². The Balaban J connectivity index is 1.50. The van der Waals surface area contributed by atoms with Gasteiger partial charge in [-0.05, 0) is 25.3 Å². The highest BCUT2D eigenvalue weighted by molar-refractivity contribution is 7.90. The summed E-state index contributed by atoms with van der Waals surface area (Å²) in [5, 5.41) is 9.62. The Morgan fingerprint density at radius 3 is 2.39 bits per heavy atom. The molecule has 1 atom stereocenters. The van der Waals surface area contributed by atoms with E-state index in [1.807, 2.05) is 31.2 Å². The number of halogens is 2. The second kappa shape index (κ2) is 8.63. The van der Waals surface area contributed by atoms with Gasteiger partial charge >= 0.3 is 6.43 Å². The van der Waals surface area contributed by atoms with E-state index >= 15 is 0 Å². The minimum atomic E-state index is -3.36. The highest BCUT2D eigenvalue weighted by atomic mass is 32.2. The molecule has 0 saturated heterocycles. The van der Waals surface area contributed by atoms with E-state index in [-0.39, 0.29) is 29.2 Å². The van der Waals surface area contributed by atoms with Crippen LogP contribution in [0.2, 0.25) is 0 Å². The fourth-order valence-corrected chi connectivity index (χ4v) is 4.25. The number of hydrogen-bond donors (Lipinski definition) is 2. The molecule has 1 aliphatic carbocycles. The Hall–Kier alpha value is -2.99. The number of nitrogens with one attached hydrogen (secondary N) is 2. The van der Waals surface area contributed by atoms with Crippen LogP contribution >= 0.6 is 0 Å². The number of benzene rings is 1. The van der Waals surface area contributed by atoms with Gasteiger partial charge in [-0.25, -0.2) is 23.1 Å². The van der Waals surface area contributed by atoms with Crippen molar-refractivity contribution in [3.8, 4) is 11.5 Å². The number of nitrogens with zero attached hydrogens (tertiary/aromatic N) is 4. The predicted octanol–water partition coefficient (Wildman–Crippen LogP) is 3.01. The van der Waals surface area contributed by atoms with Gasteiger partial charge in [0, 0.05) is 18.9 Å². The van der Waals surface area contributed by atoms with E-state index in [0.717, 1.165) is 11.1 Å². The van der Waals surface area contributed by atoms with Gasteiger partial charge in [0.05, 0.1) is 16.9 Å². The minimum Gasteiger partial charge on any atom is -0.415 e. The second-order valence-electron chi connectivity index (χ2n) is 7.24. The number of hydrogen-bond acceptors (Lipinski definition) is 8. The second-order valence-corrected chi connectivity index (χ2v) is 9.29. The number of sulfonamides is 1. The smallest absolute Gasteiger partial charge is 0.314 e. The van der Waals surface area contributed by atoms with Crippen LogP contribution in [0, 0.1) is 6.92 Å². The summed E-state index contributed by atoms with van der Waals surface area (Å²) in [4.78, 5) is 8.34. The molecular weight excluding hydrogens is 430 g/mol. The summed E-state index contributed by atoms with van der Waals surface area (Å²) in [5.41, 5.74) is 2.21. The van der Waals surface area contributed by atoms with Gasteiger partial charge in [-0.15, -0.1) is 10.2 Å². The topological polar surface area (TPSA) is 123 Å². The van der Waals surface area contributed by atoms with Gasteiger partial charge in [0.1, 0.15) is 0 Å². The zero-order valence-electron chi connectivity index (χ0n) is 16.5. The molecule has 1 aromatic carbocycles. The Morgan fingerprint density at radius 1 is 1.13 bits per heavy atom. The Morgan fingerprint density at radius 2 is 1.81 bits per heavy atom. The van der Waals surface area contributed by atoms with Crippen molar-refractivity contribution in [2.24, 2.45) is 0 Å². The molecule has 0 bridgehead atoms. The summed E-state index contributed by atoms with van der Waals surface area (Å²) in [6, 6.07) is 7.24. The summed E-state index contributed by atoms with van der Waals surface area (Å²) in [5.74, 6) is -0.665. The quantitative estimate of drug-likeness (QED) is 0.510. The molecule has 164 valence electrons. The molecular formula is C19H20F2N6O3S. The van der Waals surface area contributed by atoms with Gasteiger partial charge in [-0.1, -0.05) is 29.8 Å². The number of alkyl halides is 2. The normalized spacial score (nSPS) is 15.2. The molecule has 2 heterocycles. The molecule has 9 nitrogen and oxygen atoms in total. The van der Waals surface area contributed by atoms with Crippen molar-refractivity contribution in [2.45, 2.75) is 37.5 Å². The van der Waals surface area contributed by atoms with E-state index < -0.39 is 28.4 Å². The molecule has 3 aromatic rings. The monoisotopic (exact) mass is 450 g/mol. The van der Waals surface area contributed by atoms with Crippen molar-refractivity contribution in [3.63, 3.8) is 0 Å². The summed E-state index contributed by atoms with van der Waals surface area (Å²) in [6.07, 6.45) is 1.20. The third-order valence-electron chi connectivity index (χ3n) is 4.76. The number of aryl methyl sites for hydroxylation is 1. The van der Waals surface area contributed by atoms with E-state index in [9.17, 15) is 17.2 Å². The molecule has 1 unspecified atom stereocenters. The van der Waals surface area contributed by atoms with Crippen molar-refractivity contribution in [1.29, 1.82) is 0 Å². The summed E-state index contributed by atoms with van der Waals surface area (Å²) >= 11 is 0. The van der Waals surface area contributed by atoms with E-state index in [1.54, 1.807) is 0 Å². The van der Waals surface area contributed by atoms with Gasteiger partial charge in [0.2, 0.25) is 16.0 Å². The highest BCUT2D eigenvalue weighted by Crippen LogP contribution is 2.28. The molecule has 0 spiro atoms. The zero-order chi connectivity index (χ0) is 22.0. The number of rotatable bonds is 9. The molecule has 31 heavy (non-hydrogen) atoms. The summed E-state index contributed by atoms with van der Waals surface area (Å²) in [7, 11) is -3.36. The van der Waals surface area contributed by atoms with Crippen LogP contribution in [0.1, 0.15) is 42.3 Å². The average molecular weight is 450 g/mol. The van der Waals surface area contributed by atoms with E-state index in [1.165, 1.54) is 12.4 Å². The maximum Gasteiger partial charge on any atom is 0.314 e. The lowest BCUT2D eigenvalue weighted by atomic mass is 10.1. The lowest BCUT2D eigenvalue weighted by Crippen LogP contribution is -2.34. The third-order valence-corrected chi connectivity index (χ3v) is 6.68. The van der Waals surface area contributed by atoms with Crippen molar-refractivity contribution in [2.75, 3.05) is 11.9 Å². The van der Waals surface area contributed by atoms with Crippen LogP contribution in [0.15, 0.2) is 41.1 Å². The van der Waals surface area contributed by atoms with Gasteiger partial charge in [0.25, 0.3) is 11.8 Å². The molecule has 1 fully saturated rings. The fourth-order valence-electron chi connectivity index (χ4n) is 2.85. The first-order valence-corrected chi connectivity index (χ1v) is 11.1. The molecule has 0 radical (unpaired) electrons. The molecule has 12 heteroatoms. The Bertz CT molecular complexity index is 1130. The van der Waals surface area contributed by atoms with Gasteiger partial charge in [-0.2, -0.15) is 8.78 Å². The Kier molecular flexibility index (Phi) is 5.92. The highest BCUT2D eigenvalue weighted by Gasteiger charge is 2.35. The van der Waals surface area contributed by atoms with Crippen LogP contribution in [0.4, 0.5) is 14.7 Å². The lowest BCUT2D eigenvalue weighted by Gasteiger charge is -2.20. The first-order chi connectivity index (χ1) is 14.8. The lowest BCUT2D eigenvalue weighted by molar-refractivity contribution is 0.116. The number of anilines is 1. The molecule has 2 aromatic heterocycles. The van der Waals surface area contributed by atoms with Crippen molar-refractivity contribution < 1.29 is 21.6 Å². The minimum absolute atomic E-state index is 0.117. The maximum absolute atomic E-state index is 12.6. The SMILES string of the molecule is Cc1ccc(C(CNS(=O)(=O)C2CC2)Nc2ncc(-c3nnc(C(F)F)o3)cn2)cc1. The van der Waals surface area contributed by atoms with Gasteiger partial charge in [-0.3, -0.25) is 0 Å². The van der Waals surface area contributed by atoms with Gasteiger partial charge < -0.3 is 9.73 Å². The standard InChI is InChI=1S/C19H20F2N6O3S/c1-11-2-4-12(5-3-11)15(10-24-31(28,29)14-6-7-14)25-19-22-8-13(9-23-19)17-26-27-18(30-17)16(20)21/h2-5,8-9,14-16,24H,6-7,10H2,1H3,(H,22,23,25). The predicted molar refractivity (Wildman–Crippen MR) is 108 cm³/mol. The molecule has 1 saturated carbocycles. The molecule has 0 aliphatic heterocycles. The molecule has 4 rings (SSSR count). The summed E-state index contributed by atoms with van der Waals surface area (Å²) < 4.78 is 57.2. The Labute approximate surface area is 177 Å². The van der Waals surface area contributed by atoms with Crippen molar-refractivity contribution in [1.82, 2.24) is 24.9 Å². The zero-order valence-corrected chi connectivity index (χ0v) is 17.3. The van der Waals surface area contributed by atoms with Crippen molar-refractivity contribution >= 4 is 16.0 Å².